The van der Waals surface area contributed by atoms with Gasteiger partial charge in [0.1, 0.15) is 11.5 Å². The number of amides is 2. The Bertz CT molecular complexity index is 791. The largest absolute Gasteiger partial charge is 0.484 e. The van der Waals surface area contributed by atoms with E-state index in [2.05, 4.69) is 40.6 Å². The van der Waals surface area contributed by atoms with Gasteiger partial charge in [-0.1, -0.05) is 41.9 Å². The van der Waals surface area contributed by atoms with Crippen LogP contribution in [-0.4, -0.2) is 25.0 Å². The minimum Gasteiger partial charge on any atom is -0.484 e. The molecule has 2 aromatic carbocycles. The first-order valence-corrected chi connectivity index (χ1v) is 9.34. The number of carbonyl (C=O) groups excluding carboxylic acids is 2. The average molecular weight is 435 g/mol. The second kappa shape index (κ2) is 9.97. The van der Waals surface area contributed by atoms with E-state index in [1.54, 1.807) is 12.1 Å². The molecular weight excluding hydrogens is 412 g/mol. The summed E-state index contributed by atoms with van der Waals surface area (Å²) >= 11 is 3.32. The normalized spacial score (nSPS) is 10.4. The molecule has 7 heteroatoms. The molecule has 0 saturated carbocycles. The van der Waals surface area contributed by atoms with Crippen molar-refractivity contribution in [2.45, 2.75) is 26.7 Å². The van der Waals surface area contributed by atoms with E-state index in [4.69, 9.17) is 9.47 Å². The summed E-state index contributed by atoms with van der Waals surface area (Å²) in [5.74, 6) is 0.584. The van der Waals surface area contributed by atoms with E-state index < -0.39 is 11.8 Å². The van der Waals surface area contributed by atoms with Crippen molar-refractivity contribution in [2.24, 2.45) is 0 Å². The van der Waals surface area contributed by atoms with Gasteiger partial charge in [-0.05, 0) is 54.3 Å². The molecule has 0 aliphatic rings. The van der Waals surface area contributed by atoms with Gasteiger partial charge in [0.2, 0.25) is 0 Å². The van der Waals surface area contributed by atoms with E-state index in [-0.39, 0.29) is 19.1 Å². The zero-order valence-corrected chi connectivity index (χ0v) is 17.1. The summed E-state index contributed by atoms with van der Waals surface area (Å²) < 4.78 is 11.9. The Labute approximate surface area is 167 Å². The van der Waals surface area contributed by atoms with Gasteiger partial charge in [0, 0.05) is 4.47 Å². The van der Waals surface area contributed by atoms with Crippen molar-refractivity contribution in [3.05, 3.63) is 58.1 Å². The van der Waals surface area contributed by atoms with Crippen molar-refractivity contribution >= 4 is 27.7 Å². The lowest BCUT2D eigenvalue weighted by molar-refractivity contribution is -0.131. The number of halogens is 1. The van der Waals surface area contributed by atoms with Gasteiger partial charge in [-0.15, -0.1) is 0 Å². The van der Waals surface area contributed by atoms with Crippen molar-refractivity contribution in [1.82, 2.24) is 10.9 Å². The van der Waals surface area contributed by atoms with Gasteiger partial charge >= 0.3 is 0 Å². The minimum atomic E-state index is -0.468. The first-order valence-electron chi connectivity index (χ1n) is 8.54. The molecule has 2 amide bonds. The maximum atomic E-state index is 11.9. The van der Waals surface area contributed by atoms with E-state index in [0.717, 1.165) is 15.6 Å². The fourth-order valence-corrected chi connectivity index (χ4v) is 2.54. The Morgan fingerprint density at radius 1 is 0.963 bits per heavy atom. The number of ether oxygens (including phenoxy) is 2. The quantitative estimate of drug-likeness (QED) is 0.653. The second-order valence-corrected chi connectivity index (χ2v) is 7.24. The third-order valence-corrected chi connectivity index (χ3v) is 4.20. The van der Waals surface area contributed by atoms with Gasteiger partial charge in [0.05, 0.1) is 0 Å². The molecule has 0 atom stereocenters. The summed E-state index contributed by atoms with van der Waals surface area (Å²) in [6.45, 7) is 5.67. The predicted octanol–water partition coefficient (Wildman–Crippen LogP) is 3.49. The van der Waals surface area contributed by atoms with Gasteiger partial charge in [0.15, 0.2) is 13.2 Å². The molecule has 2 N–H and O–H groups in total. The Morgan fingerprint density at radius 2 is 1.56 bits per heavy atom. The van der Waals surface area contributed by atoms with Gasteiger partial charge in [-0.3, -0.25) is 20.4 Å². The molecule has 0 aliphatic heterocycles. The molecule has 6 nitrogen and oxygen atoms in total. The maximum absolute atomic E-state index is 11.9. The van der Waals surface area contributed by atoms with Crippen LogP contribution in [0.4, 0.5) is 0 Å². The summed E-state index contributed by atoms with van der Waals surface area (Å²) in [6.07, 6.45) is 0. The third kappa shape index (κ3) is 6.94. The molecule has 2 aromatic rings. The molecule has 0 radical (unpaired) electrons. The Hall–Kier alpha value is -2.54. The number of benzene rings is 2. The second-order valence-electron chi connectivity index (χ2n) is 6.32. The Kier molecular flexibility index (Phi) is 7.67. The molecule has 0 aromatic heterocycles. The average Bonchev–Trinajstić information content (AvgIpc) is 2.64. The fraction of sp³-hybridized carbons (Fsp3) is 0.300. The molecule has 0 spiro atoms. The zero-order chi connectivity index (χ0) is 19.8. The van der Waals surface area contributed by atoms with Crippen LogP contribution < -0.4 is 20.3 Å². The number of aryl methyl sites for hydroxylation is 1. The molecule has 144 valence electrons. The lowest BCUT2D eigenvalue weighted by Gasteiger charge is -2.15. The molecule has 0 fully saturated rings. The van der Waals surface area contributed by atoms with Crippen LogP contribution >= 0.6 is 15.9 Å². The van der Waals surface area contributed by atoms with Crippen molar-refractivity contribution in [3.63, 3.8) is 0 Å². The topological polar surface area (TPSA) is 76.7 Å². The van der Waals surface area contributed by atoms with Crippen molar-refractivity contribution in [3.8, 4) is 11.5 Å². The number of rotatable bonds is 7. The molecule has 0 aliphatic carbocycles. The Balaban J connectivity index is 1.75. The van der Waals surface area contributed by atoms with Crippen LogP contribution in [0.2, 0.25) is 0 Å². The Morgan fingerprint density at radius 3 is 2.15 bits per heavy atom. The molecular formula is C20H23BrN2O4. The minimum absolute atomic E-state index is 0.197. The fourth-order valence-electron chi connectivity index (χ4n) is 2.28. The van der Waals surface area contributed by atoms with E-state index in [1.165, 1.54) is 0 Å². The number of hydrogen-bond donors (Lipinski definition) is 2. The van der Waals surface area contributed by atoms with E-state index in [9.17, 15) is 9.59 Å². The lowest BCUT2D eigenvalue weighted by Crippen LogP contribution is -2.45. The summed E-state index contributed by atoms with van der Waals surface area (Å²) in [4.78, 5) is 23.7. The van der Waals surface area contributed by atoms with E-state index in [0.29, 0.717) is 11.5 Å². The monoisotopic (exact) mass is 434 g/mol. The number of hydrazine groups is 1. The smallest absolute Gasteiger partial charge is 0.276 e. The summed E-state index contributed by atoms with van der Waals surface area (Å²) in [5.41, 5.74) is 6.68. The van der Waals surface area contributed by atoms with Crippen LogP contribution in [0, 0.1) is 6.92 Å². The first-order chi connectivity index (χ1) is 12.8. The number of hydrogen-bond acceptors (Lipinski definition) is 4. The highest BCUT2D eigenvalue weighted by Gasteiger charge is 2.11. The van der Waals surface area contributed by atoms with Gasteiger partial charge < -0.3 is 9.47 Å². The third-order valence-electron chi connectivity index (χ3n) is 3.67. The van der Waals surface area contributed by atoms with Gasteiger partial charge in [0.25, 0.3) is 11.8 Å². The standard InChI is InChI=1S/C20H23BrN2O4/c1-13(2)17-9-4-14(3)10-18(17)27-12-20(25)23-22-19(24)11-26-16-7-5-15(21)6-8-16/h4-10,13H,11-12H2,1-3H3,(H,22,24)(H,23,25). The first kappa shape index (κ1) is 20.8. The summed E-state index contributed by atoms with van der Waals surface area (Å²) in [5, 5.41) is 0. The molecule has 0 bridgehead atoms. The van der Waals surface area contributed by atoms with Crippen LogP contribution in [-0.2, 0) is 9.59 Å². The SMILES string of the molecule is Cc1ccc(C(C)C)c(OCC(=O)NNC(=O)COc2ccc(Br)cc2)c1. The van der Waals surface area contributed by atoms with E-state index in [1.807, 2.05) is 37.3 Å². The number of carbonyl (C=O) groups is 2. The summed E-state index contributed by atoms with van der Waals surface area (Å²) in [7, 11) is 0. The van der Waals surface area contributed by atoms with Crippen molar-refractivity contribution in [2.75, 3.05) is 13.2 Å². The molecule has 0 unspecified atom stereocenters. The van der Waals surface area contributed by atoms with Crippen LogP contribution in [0.1, 0.15) is 30.9 Å². The van der Waals surface area contributed by atoms with Crippen LogP contribution in [0.3, 0.4) is 0 Å². The summed E-state index contributed by atoms with van der Waals surface area (Å²) in [6, 6.07) is 13.0. The van der Waals surface area contributed by atoms with Gasteiger partial charge in [-0.25, -0.2) is 0 Å². The zero-order valence-electron chi connectivity index (χ0n) is 15.5. The molecule has 27 heavy (non-hydrogen) atoms. The maximum Gasteiger partial charge on any atom is 0.276 e. The lowest BCUT2D eigenvalue weighted by atomic mass is 10.0. The molecule has 0 heterocycles. The highest BCUT2D eigenvalue weighted by Crippen LogP contribution is 2.27. The highest BCUT2D eigenvalue weighted by atomic mass is 79.9. The highest BCUT2D eigenvalue weighted by molar-refractivity contribution is 9.10. The van der Waals surface area contributed by atoms with Crippen molar-refractivity contribution < 1.29 is 19.1 Å². The van der Waals surface area contributed by atoms with Crippen LogP contribution in [0.15, 0.2) is 46.9 Å². The molecule has 0 saturated heterocycles. The van der Waals surface area contributed by atoms with E-state index >= 15 is 0 Å². The molecule has 2 rings (SSSR count). The predicted molar refractivity (Wildman–Crippen MR) is 107 cm³/mol. The van der Waals surface area contributed by atoms with Crippen LogP contribution in [0.5, 0.6) is 11.5 Å². The van der Waals surface area contributed by atoms with Crippen LogP contribution in [0.25, 0.3) is 0 Å². The van der Waals surface area contributed by atoms with Gasteiger partial charge in [-0.2, -0.15) is 0 Å². The van der Waals surface area contributed by atoms with Crippen molar-refractivity contribution in [1.29, 1.82) is 0 Å². The number of nitrogens with one attached hydrogen (secondary N) is 2.